The van der Waals surface area contributed by atoms with Crippen molar-refractivity contribution >= 4 is 15.9 Å². The highest BCUT2D eigenvalue weighted by atomic mass is 79.9. The summed E-state index contributed by atoms with van der Waals surface area (Å²) in [5.74, 6) is 0. The zero-order valence-corrected chi connectivity index (χ0v) is 10.1. The number of aromatic nitrogens is 1. The molecule has 0 saturated carbocycles. The van der Waals surface area contributed by atoms with Crippen LogP contribution in [-0.4, -0.2) is 4.57 Å². The first-order valence-electron chi connectivity index (χ1n) is 4.51. The van der Waals surface area contributed by atoms with Gasteiger partial charge < -0.3 is 4.57 Å². The molecule has 0 aliphatic carbocycles. The topological polar surface area (TPSA) is 22.0 Å². The first-order chi connectivity index (χ1) is 6.50. The molecule has 0 N–H and O–H groups in total. The van der Waals surface area contributed by atoms with Gasteiger partial charge in [-0.1, -0.05) is 5.57 Å². The van der Waals surface area contributed by atoms with Crippen LogP contribution < -0.4 is 5.56 Å². The normalized spacial score (nSPS) is 10.2. The van der Waals surface area contributed by atoms with E-state index in [-0.39, 0.29) is 5.56 Å². The molecule has 0 bridgehead atoms. The van der Waals surface area contributed by atoms with E-state index >= 15 is 0 Å². The van der Waals surface area contributed by atoms with Crippen LogP contribution in [0.25, 0.3) is 0 Å². The van der Waals surface area contributed by atoms with E-state index in [0.717, 1.165) is 22.0 Å². The highest BCUT2D eigenvalue weighted by molar-refractivity contribution is 9.10. The number of allylic oxidation sites excluding steroid dienone is 1. The van der Waals surface area contributed by atoms with Gasteiger partial charge in [0.25, 0.3) is 5.56 Å². The largest absolute Gasteiger partial charge is 0.314 e. The third-order valence-corrected chi connectivity index (χ3v) is 2.44. The van der Waals surface area contributed by atoms with Gasteiger partial charge in [-0.05, 0) is 42.3 Å². The zero-order valence-electron chi connectivity index (χ0n) is 8.51. The van der Waals surface area contributed by atoms with Crippen molar-refractivity contribution in [2.75, 3.05) is 0 Å². The van der Waals surface area contributed by atoms with E-state index < -0.39 is 0 Å². The van der Waals surface area contributed by atoms with Gasteiger partial charge in [0.15, 0.2) is 0 Å². The Balaban J connectivity index is 2.97. The highest BCUT2D eigenvalue weighted by Crippen LogP contribution is 2.09. The quantitative estimate of drug-likeness (QED) is 0.762. The van der Waals surface area contributed by atoms with E-state index in [4.69, 9.17) is 0 Å². The van der Waals surface area contributed by atoms with Gasteiger partial charge in [-0.25, -0.2) is 0 Å². The first-order valence-corrected chi connectivity index (χ1v) is 5.31. The van der Waals surface area contributed by atoms with Crippen LogP contribution in [0, 0.1) is 6.92 Å². The standard InChI is InChI=1S/C11H14BrNO/c1-8(2)4-5-13-7-10(12)6-9(3)11(13)14/h6-7H,1,4-5H2,2-3H3. The second-order valence-electron chi connectivity index (χ2n) is 3.55. The predicted molar refractivity (Wildman–Crippen MR) is 62.6 cm³/mol. The molecule has 1 rings (SSSR count). The molecule has 0 aliphatic rings. The van der Waals surface area contributed by atoms with E-state index in [1.165, 1.54) is 0 Å². The molecule has 0 aliphatic heterocycles. The SMILES string of the molecule is C=C(C)CCn1cc(Br)cc(C)c1=O. The summed E-state index contributed by atoms with van der Waals surface area (Å²) < 4.78 is 2.66. The van der Waals surface area contributed by atoms with Crippen molar-refractivity contribution in [3.8, 4) is 0 Å². The van der Waals surface area contributed by atoms with E-state index in [9.17, 15) is 4.79 Å². The Morgan fingerprint density at radius 3 is 2.86 bits per heavy atom. The van der Waals surface area contributed by atoms with Crippen LogP contribution in [0.4, 0.5) is 0 Å². The molecule has 0 aromatic carbocycles. The molecule has 76 valence electrons. The maximum Gasteiger partial charge on any atom is 0.253 e. The third kappa shape index (κ3) is 2.84. The second-order valence-corrected chi connectivity index (χ2v) is 4.46. The van der Waals surface area contributed by atoms with Crippen LogP contribution in [0.15, 0.2) is 33.7 Å². The van der Waals surface area contributed by atoms with Crippen molar-refractivity contribution in [1.29, 1.82) is 0 Å². The number of aryl methyl sites for hydroxylation is 2. The summed E-state index contributed by atoms with van der Waals surface area (Å²) in [5, 5.41) is 0. The van der Waals surface area contributed by atoms with Gasteiger partial charge >= 0.3 is 0 Å². The summed E-state index contributed by atoms with van der Waals surface area (Å²) >= 11 is 3.37. The van der Waals surface area contributed by atoms with Crippen molar-refractivity contribution in [2.45, 2.75) is 26.8 Å². The Bertz CT molecular complexity index is 406. The summed E-state index contributed by atoms with van der Waals surface area (Å²) in [4.78, 5) is 11.6. The van der Waals surface area contributed by atoms with Crippen LogP contribution in [0.2, 0.25) is 0 Å². The molecule has 0 fully saturated rings. The number of rotatable bonds is 3. The summed E-state index contributed by atoms with van der Waals surface area (Å²) in [6.07, 6.45) is 2.66. The van der Waals surface area contributed by atoms with Gasteiger partial charge in [-0.2, -0.15) is 0 Å². The fraction of sp³-hybridized carbons (Fsp3) is 0.364. The zero-order chi connectivity index (χ0) is 10.7. The molecule has 0 radical (unpaired) electrons. The maximum absolute atomic E-state index is 11.6. The smallest absolute Gasteiger partial charge is 0.253 e. The van der Waals surface area contributed by atoms with E-state index in [1.54, 1.807) is 4.57 Å². The molecule has 0 saturated heterocycles. The molecule has 1 aromatic heterocycles. The Labute approximate surface area is 92.4 Å². The average Bonchev–Trinajstić information content (AvgIpc) is 2.08. The summed E-state index contributed by atoms with van der Waals surface area (Å²) in [5.41, 5.74) is 1.94. The Kier molecular flexibility index (Phi) is 3.69. The van der Waals surface area contributed by atoms with Crippen LogP contribution in [0.1, 0.15) is 18.9 Å². The Hall–Kier alpha value is -0.830. The number of halogens is 1. The predicted octanol–water partition coefficient (Wildman–Crippen LogP) is 2.89. The summed E-state index contributed by atoms with van der Waals surface area (Å²) in [6.45, 7) is 8.31. The minimum Gasteiger partial charge on any atom is -0.314 e. The maximum atomic E-state index is 11.6. The Morgan fingerprint density at radius 2 is 2.29 bits per heavy atom. The average molecular weight is 256 g/mol. The molecular weight excluding hydrogens is 242 g/mol. The molecule has 3 heteroatoms. The van der Waals surface area contributed by atoms with Crippen molar-refractivity contribution < 1.29 is 0 Å². The fourth-order valence-electron chi connectivity index (χ4n) is 1.22. The van der Waals surface area contributed by atoms with E-state index in [0.29, 0.717) is 6.54 Å². The van der Waals surface area contributed by atoms with Crippen molar-refractivity contribution in [3.63, 3.8) is 0 Å². The van der Waals surface area contributed by atoms with Crippen LogP contribution in [0.3, 0.4) is 0 Å². The second kappa shape index (κ2) is 4.60. The van der Waals surface area contributed by atoms with Crippen molar-refractivity contribution in [2.24, 2.45) is 0 Å². The molecule has 0 atom stereocenters. The number of hydrogen-bond donors (Lipinski definition) is 0. The molecule has 14 heavy (non-hydrogen) atoms. The highest BCUT2D eigenvalue weighted by Gasteiger charge is 2.01. The molecule has 2 nitrogen and oxygen atoms in total. The third-order valence-electron chi connectivity index (χ3n) is 2.01. The van der Waals surface area contributed by atoms with Gasteiger partial charge in [0.1, 0.15) is 0 Å². The van der Waals surface area contributed by atoms with Crippen LogP contribution in [-0.2, 0) is 6.54 Å². The molecular formula is C11H14BrNO. The summed E-state index contributed by atoms with van der Waals surface area (Å²) in [7, 11) is 0. The van der Waals surface area contributed by atoms with Gasteiger partial charge in [0, 0.05) is 22.8 Å². The lowest BCUT2D eigenvalue weighted by atomic mass is 10.2. The van der Waals surface area contributed by atoms with E-state index in [1.807, 2.05) is 26.1 Å². The van der Waals surface area contributed by atoms with Gasteiger partial charge in [-0.15, -0.1) is 6.58 Å². The van der Waals surface area contributed by atoms with Crippen molar-refractivity contribution in [1.82, 2.24) is 4.57 Å². The minimum absolute atomic E-state index is 0.0782. The lowest BCUT2D eigenvalue weighted by Gasteiger charge is -2.07. The molecule has 0 amide bonds. The Morgan fingerprint density at radius 1 is 1.64 bits per heavy atom. The lowest BCUT2D eigenvalue weighted by Crippen LogP contribution is -2.21. The van der Waals surface area contributed by atoms with Crippen molar-refractivity contribution in [3.05, 3.63) is 44.8 Å². The molecule has 0 unspecified atom stereocenters. The number of hydrogen-bond acceptors (Lipinski definition) is 1. The summed E-state index contributed by atoms with van der Waals surface area (Å²) in [6, 6.07) is 1.83. The minimum atomic E-state index is 0.0782. The molecule has 1 aromatic rings. The van der Waals surface area contributed by atoms with Gasteiger partial charge in [0.2, 0.25) is 0 Å². The van der Waals surface area contributed by atoms with Crippen LogP contribution >= 0.6 is 15.9 Å². The lowest BCUT2D eigenvalue weighted by molar-refractivity contribution is 0.660. The monoisotopic (exact) mass is 255 g/mol. The van der Waals surface area contributed by atoms with Gasteiger partial charge in [0.05, 0.1) is 0 Å². The fourth-order valence-corrected chi connectivity index (χ4v) is 1.81. The first kappa shape index (κ1) is 11.2. The van der Waals surface area contributed by atoms with Crippen LogP contribution in [0.5, 0.6) is 0 Å². The number of pyridine rings is 1. The number of nitrogens with zero attached hydrogens (tertiary/aromatic N) is 1. The molecule has 0 spiro atoms. The molecule has 1 heterocycles. The van der Waals surface area contributed by atoms with E-state index in [2.05, 4.69) is 22.5 Å². The van der Waals surface area contributed by atoms with Gasteiger partial charge in [-0.3, -0.25) is 4.79 Å².